The molecule has 1 aliphatic heterocycles. The zero-order valence-electron chi connectivity index (χ0n) is 10.5. The zero-order chi connectivity index (χ0) is 14.0. The van der Waals surface area contributed by atoms with Crippen molar-refractivity contribution in [1.29, 1.82) is 0 Å². The fourth-order valence-corrected chi connectivity index (χ4v) is 5.41. The van der Waals surface area contributed by atoms with Crippen LogP contribution in [0.5, 0.6) is 0 Å². The van der Waals surface area contributed by atoms with Gasteiger partial charge in [0, 0.05) is 33.6 Å². The lowest BCUT2D eigenvalue weighted by molar-refractivity contribution is 0.574. The Morgan fingerprint density at radius 2 is 1.95 bits per heavy atom. The van der Waals surface area contributed by atoms with Gasteiger partial charge in [0.2, 0.25) is 0 Å². The quantitative estimate of drug-likeness (QED) is 0.836. The van der Waals surface area contributed by atoms with Crippen molar-refractivity contribution in [3.8, 4) is 0 Å². The highest BCUT2D eigenvalue weighted by molar-refractivity contribution is 7.90. The van der Waals surface area contributed by atoms with Crippen molar-refractivity contribution < 1.29 is 4.21 Å². The maximum Gasteiger partial charge on any atom is 0.121 e. The molecule has 0 bridgehead atoms. The standard InChI is InChI=1S/C13H15Cl2NOS2/c1-16-12(18)13(4-2-3-5-19(13)17)9-6-10(14)8-11(15)7-9/h6-8H,2-5H2,1H3,(H,16,18)/t13-,19?/m1/s1. The predicted octanol–water partition coefficient (Wildman–Crippen LogP) is 3.67. The Morgan fingerprint density at radius 3 is 2.47 bits per heavy atom. The monoisotopic (exact) mass is 335 g/mol. The molecule has 2 atom stereocenters. The molecule has 0 aliphatic carbocycles. The van der Waals surface area contributed by atoms with Gasteiger partial charge < -0.3 is 5.32 Å². The first-order chi connectivity index (χ1) is 9.00. The SMILES string of the molecule is CNC(=S)[C@]1(c2cc(Cl)cc(Cl)c2)CCCCS1=O. The smallest absolute Gasteiger partial charge is 0.121 e. The third-order valence-electron chi connectivity index (χ3n) is 3.42. The summed E-state index contributed by atoms with van der Waals surface area (Å²) >= 11 is 17.6. The molecule has 2 nitrogen and oxygen atoms in total. The number of likely N-dealkylation sites (N-methyl/N-ethyl adjacent to an activating group) is 1. The highest BCUT2D eigenvalue weighted by Crippen LogP contribution is 2.40. The number of rotatable bonds is 2. The summed E-state index contributed by atoms with van der Waals surface area (Å²) in [5.41, 5.74) is 0.849. The number of benzene rings is 1. The van der Waals surface area contributed by atoms with Gasteiger partial charge in [-0.25, -0.2) is 0 Å². The van der Waals surface area contributed by atoms with Crippen LogP contribution in [0.4, 0.5) is 0 Å². The van der Waals surface area contributed by atoms with E-state index in [1.54, 1.807) is 13.1 Å². The Kier molecular flexibility index (Phi) is 4.88. The van der Waals surface area contributed by atoms with Gasteiger partial charge in [0.15, 0.2) is 0 Å². The molecule has 1 unspecified atom stereocenters. The molecule has 0 saturated carbocycles. The summed E-state index contributed by atoms with van der Waals surface area (Å²) in [7, 11) is 0.711. The zero-order valence-corrected chi connectivity index (χ0v) is 13.7. The average molecular weight is 336 g/mol. The third kappa shape index (κ3) is 2.82. The lowest BCUT2D eigenvalue weighted by Gasteiger charge is -2.37. The Morgan fingerprint density at radius 1 is 1.32 bits per heavy atom. The molecule has 0 spiro atoms. The van der Waals surface area contributed by atoms with E-state index in [0.29, 0.717) is 20.8 Å². The number of hydrogen-bond acceptors (Lipinski definition) is 2. The Hall–Kier alpha value is -0.160. The van der Waals surface area contributed by atoms with Crippen LogP contribution in [0.1, 0.15) is 24.8 Å². The highest BCUT2D eigenvalue weighted by Gasteiger charge is 2.44. The molecule has 1 aromatic carbocycles. The van der Waals surface area contributed by atoms with E-state index in [1.165, 1.54) is 0 Å². The Labute approximate surface area is 131 Å². The minimum Gasteiger partial charge on any atom is -0.381 e. The van der Waals surface area contributed by atoms with Crippen LogP contribution in [0, 0.1) is 0 Å². The second-order valence-electron chi connectivity index (χ2n) is 4.57. The van der Waals surface area contributed by atoms with Crippen LogP contribution in [-0.2, 0) is 15.5 Å². The topological polar surface area (TPSA) is 29.1 Å². The van der Waals surface area contributed by atoms with E-state index >= 15 is 0 Å². The molecule has 0 amide bonds. The molecule has 0 radical (unpaired) electrons. The van der Waals surface area contributed by atoms with E-state index in [9.17, 15) is 4.21 Å². The van der Waals surface area contributed by atoms with Gasteiger partial charge in [-0.3, -0.25) is 4.21 Å². The molecule has 0 aromatic heterocycles. The van der Waals surface area contributed by atoms with Gasteiger partial charge in [-0.1, -0.05) is 41.8 Å². The van der Waals surface area contributed by atoms with Crippen molar-refractivity contribution in [2.45, 2.75) is 24.0 Å². The van der Waals surface area contributed by atoms with Crippen LogP contribution in [-0.4, -0.2) is 22.0 Å². The molecule has 1 saturated heterocycles. The maximum atomic E-state index is 12.6. The van der Waals surface area contributed by atoms with E-state index in [4.69, 9.17) is 35.4 Å². The van der Waals surface area contributed by atoms with Gasteiger partial charge in [0.05, 0.1) is 4.99 Å². The maximum absolute atomic E-state index is 12.6. The molecular weight excluding hydrogens is 321 g/mol. The van der Waals surface area contributed by atoms with Crippen LogP contribution in [0.15, 0.2) is 18.2 Å². The second kappa shape index (κ2) is 6.08. The lowest BCUT2D eigenvalue weighted by Crippen LogP contribution is -2.47. The minimum atomic E-state index is -1.06. The van der Waals surface area contributed by atoms with E-state index in [1.807, 2.05) is 12.1 Å². The summed E-state index contributed by atoms with van der Waals surface area (Å²) in [5, 5.41) is 4.09. The van der Waals surface area contributed by atoms with Crippen molar-refractivity contribution in [3.05, 3.63) is 33.8 Å². The number of hydrogen-bond donors (Lipinski definition) is 1. The molecule has 1 N–H and O–H groups in total. The molecule has 19 heavy (non-hydrogen) atoms. The van der Waals surface area contributed by atoms with Gasteiger partial charge in [-0.05, 0) is 36.6 Å². The van der Waals surface area contributed by atoms with Gasteiger partial charge in [-0.15, -0.1) is 0 Å². The van der Waals surface area contributed by atoms with Gasteiger partial charge in [-0.2, -0.15) is 0 Å². The van der Waals surface area contributed by atoms with Crippen molar-refractivity contribution >= 4 is 51.2 Å². The van der Waals surface area contributed by atoms with E-state index < -0.39 is 15.5 Å². The minimum absolute atomic E-state index is 0.545. The Bertz CT molecular complexity index is 505. The average Bonchev–Trinajstić information content (AvgIpc) is 2.37. The molecule has 1 aromatic rings. The van der Waals surface area contributed by atoms with Crippen molar-refractivity contribution in [1.82, 2.24) is 5.32 Å². The van der Waals surface area contributed by atoms with Crippen LogP contribution in [0.2, 0.25) is 10.0 Å². The highest BCUT2D eigenvalue weighted by atomic mass is 35.5. The summed E-state index contributed by atoms with van der Waals surface area (Å²) in [6, 6.07) is 5.31. The fourth-order valence-electron chi connectivity index (χ4n) is 2.51. The first-order valence-corrected chi connectivity index (χ1v) is 8.56. The first kappa shape index (κ1) is 15.2. The summed E-state index contributed by atoms with van der Waals surface area (Å²) in [6.07, 6.45) is 2.72. The van der Waals surface area contributed by atoms with Crippen molar-refractivity contribution in [3.63, 3.8) is 0 Å². The van der Waals surface area contributed by atoms with Crippen LogP contribution < -0.4 is 5.32 Å². The lowest BCUT2D eigenvalue weighted by atomic mass is 9.91. The van der Waals surface area contributed by atoms with E-state index in [-0.39, 0.29) is 0 Å². The molecule has 6 heteroatoms. The van der Waals surface area contributed by atoms with E-state index in [0.717, 1.165) is 24.8 Å². The first-order valence-electron chi connectivity index (χ1n) is 6.08. The third-order valence-corrected chi connectivity index (χ3v) is 6.62. The molecule has 1 fully saturated rings. The van der Waals surface area contributed by atoms with Crippen LogP contribution in [0.25, 0.3) is 0 Å². The van der Waals surface area contributed by atoms with Crippen LogP contribution >= 0.6 is 35.4 Å². The van der Waals surface area contributed by atoms with E-state index in [2.05, 4.69) is 5.32 Å². The van der Waals surface area contributed by atoms with Gasteiger partial charge >= 0.3 is 0 Å². The summed E-state index contributed by atoms with van der Waals surface area (Å²) in [4.78, 5) is 0.601. The van der Waals surface area contributed by atoms with Gasteiger partial charge in [0.25, 0.3) is 0 Å². The largest absolute Gasteiger partial charge is 0.381 e. The molecule has 104 valence electrons. The van der Waals surface area contributed by atoms with Crippen molar-refractivity contribution in [2.24, 2.45) is 0 Å². The number of nitrogens with one attached hydrogen (secondary N) is 1. The predicted molar refractivity (Wildman–Crippen MR) is 86.7 cm³/mol. The molecule has 1 aliphatic rings. The molecule has 2 rings (SSSR count). The number of halogens is 2. The Balaban J connectivity index is 2.60. The molecule has 1 heterocycles. The van der Waals surface area contributed by atoms with Crippen molar-refractivity contribution in [2.75, 3.05) is 12.8 Å². The normalized spacial score (nSPS) is 27.0. The fraction of sp³-hybridized carbons (Fsp3) is 0.462. The summed E-state index contributed by atoms with van der Waals surface area (Å²) < 4.78 is 12.0. The van der Waals surface area contributed by atoms with Crippen LogP contribution in [0.3, 0.4) is 0 Å². The molecular formula is C13H15Cl2NOS2. The summed E-state index contributed by atoms with van der Waals surface area (Å²) in [6.45, 7) is 0. The second-order valence-corrected chi connectivity index (χ2v) is 7.65. The van der Waals surface area contributed by atoms with Gasteiger partial charge in [0.1, 0.15) is 4.75 Å². The number of thiocarbonyl (C=S) groups is 1. The summed E-state index contributed by atoms with van der Waals surface area (Å²) in [5.74, 6) is 0.659.